The van der Waals surface area contributed by atoms with Crippen LogP contribution in [0.5, 0.6) is 11.8 Å². The van der Waals surface area contributed by atoms with Gasteiger partial charge >= 0.3 is 6.01 Å². The number of rotatable bonds is 5. The molecule has 4 aliphatic rings. The van der Waals surface area contributed by atoms with Crippen LogP contribution in [0.1, 0.15) is 38.5 Å². The van der Waals surface area contributed by atoms with Crippen molar-refractivity contribution in [3.63, 3.8) is 0 Å². The Balaban J connectivity index is 1.29. The fourth-order valence-corrected chi connectivity index (χ4v) is 7.93. The van der Waals surface area contributed by atoms with Gasteiger partial charge in [0.05, 0.1) is 23.3 Å². The van der Waals surface area contributed by atoms with Crippen LogP contribution < -0.4 is 9.64 Å². The first-order valence-electron chi connectivity index (χ1n) is 15.4. The summed E-state index contributed by atoms with van der Waals surface area (Å²) in [5, 5.41) is 10.1. The van der Waals surface area contributed by atoms with Crippen LogP contribution in [0, 0.1) is 23.3 Å². The van der Waals surface area contributed by atoms with Gasteiger partial charge < -0.3 is 19.5 Å². The van der Waals surface area contributed by atoms with E-state index in [1.165, 1.54) is 12.1 Å². The van der Waals surface area contributed by atoms with Crippen molar-refractivity contribution in [1.82, 2.24) is 14.9 Å². The lowest BCUT2D eigenvalue weighted by molar-refractivity contribution is -0.151. The number of anilines is 1. The predicted octanol–water partition coefficient (Wildman–Crippen LogP) is 6.43. The molecule has 45 heavy (non-hydrogen) atoms. The minimum atomic E-state index is -1.30. The van der Waals surface area contributed by atoms with Gasteiger partial charge in [0.25, 0.3) is 0 Å². The summed E-state index contributed by atoms with van der Waals surface area (Å²) >= 11 is 0. The van der Waals surface area contributed by atoms with Crippen LogP contribution in [0.4, 0.5) is 27.8 Å². The average molecular weight is 627 g/mol. The molecule has 1 N–H and O–H groups in total. The number of ether oxygens (including phenoxy) is 2. The lowest BCUT2D eigenvalue weighted by atomic mass is 9.85. The Labute approximate surface area is 255 Å². The highest BCUT2D eigenvalue weighted by Crippen LogP contribution is 2.44. The molecule has 0 bridgehead atoms. The molecule has 0 unspecified atom stereocenters. The monoisotopic (exact) mass is 626 g/mol. The van der Waals surface area contributed by atoms with E-state index >= 15 is 13.2 Å². The summed E-state index contributed by atoms with van der Waals surface area (Å²) in [4.78, 5) is 13.0. The third-order valence-corrected chi connectivity index (χ3v) is 10.1. The second kappa shape index (κ2) is 10.4. The molecule has 236 valence electrons. The Morgan fingerprint density at radius 1 is 0.978 bits per heavy atom. The highest BCUT2D eigenvalue weighted by atomic mass is 19.2. The molecule has 0 radical (unpaired) electrons. The molecule has 8 rings (SSSR count). The van der Waals surface area contributed by atoms with Gasteiger partial charge in [-0.1, -0.05) is 6.07 Å². The number of hydrogen-bond donors (Lipinski definition) is 1. The molecule has 3 atom stereocenters. The third kappa shape index (κ3) is 4.59. The van der Waals surface area contributed by atoms with Crippen LogP contribution in [0.15, 0.2) is 30.3 Å². The summed E-state index contributed by atoms with van der Waals surface area (Å²) < 4.78 is 88.7. The quantitative estimate of drug-likeness (QED) is 0.256. The van der Waals surface area contributed by atoms with Crippen molar-refractivity contribution in [3.8, 4) is 22.9 Å². The maximum Gasteiger partial charge on any atom is 0.319 e. The van der Waals surface area contributed by atoms with Crippen LogP contribution in [0.3, 0.4) is 0 Å². The van der Waals surface area contributed by atoms with Crippen molar-refractivity contribution < 1.29 is 36.5 Å². The molecule has 4 fully saturated rings. The van der Waals surface area contributed by atoms with Gasteiger partial charge in [0.15, 0.2) is 17.5 Å². The second-order valence-corrected chi connectivity index (χ2v) is 12.9. The number of benzene rings is 3. The molecule has 5 heterocycles. The predicted molar refractivity (Wildman–Crippen MR) is 157 cm³/mol. The number of fused-ring (bicyclic) bond motifs is 3. The zero-order valence-electron chi connectivity index (χ0n) is 24.4. The van der Waals surface area contributed by atoms with Crippen molar-refractivity contribution in [2.75, 3.05) is 44.3 Å². The molecular weight excluding hydrogens is 595 g/mol. The van der Waals surface area contributed by atoms with Crippen LogP contribution in [-0.4, -0.2) is 76.7 Å². The van der Waals surface area contributed by atoms with E-state index in [1.807, 2.05) is 4.90 Å². The van der Waals surface area contributed by atoms with E-state index in [-0.39, 0.29) is 57.0 Å². The Hall–Kier alpha value is -3.77. The van der Waals surface area contributed by atoms with E-state index in [4.69, 9.17) is 9.47 Å². The molecule has 0 saturated carbocycles. The highest BCUT2D eigenvalue weighted by Gasteiger charge is 2.49. The van der Waals surface area contributed by atoms with Crippen LogP contribution in [0.2, 0.25) is 0 Å². The Bertz CT molecular complexity index is 1850. The van der Waals surface area contributed by atoms with E-state index in [2.05, 4.69) is 14.9 Å². The largest absolute Gasteiger partial charge is 0.508 e. The SMILES string of the molecule is Oc1cc(-c2c(F)cc3c(N4CCC[C@]5(CCO5)C4)nc(OC[C@@]45CCCN4C[C@H](F)C5)nc3c2F)c2c(F)c(F)ccc2c1. The summed E-state index contributed by atoms with van der Waals surface area (Å²) in [5.41, 5.74) is -2.18. The van der Waals surface area contributed by atoms with E-state index in [9.17, 15) is 13.9 Å². The number of aromatic hydroxyl groups is 1. The first-order chi connectivity index (χ1) is 21.7. The van der Waals surface area contributed by atoms with Gasteiger partial charge in [-0.3, -0.25) is 4.90 Å². The summed E-state index contributed by atoms with van der Waals surface area (Å²) in [5.74, 6) is -4.79. The average Bonchev–Trinajstić information content (AvgIpc) is 3.52. The van der Waals surface area contributed by atoms with Crippen molar-refractivity contribution in [2.45, 2.75) is 55.8 Å². The first kappa shape index (κ1) is 28.7. The lowest BCUT2D eigenvalue weighted by Gasteiger charge is -2.48. The minimum absolute atomic E-state index is 0.0670. The normalized spacial score (nSPS) is 26.6. The summed E-state index contributed by atoms with van der Waals surface area (Å²) in [6.45, 7) is 2.85. The minimum Gasteiger partial charge on any atom is -0.508 e. The standard InChI is InChI=1S/C33H31F5N4O3/c34-19-14-32(5-1-9-42(32)15-19)17-44-31-39-29-22(30(40-31)41-8-2-6-33(16-41)7-10-45-33)13-24(36)26(28(29)38)21-12-20(43)11-18-3-4-23(35)27(37)25(18)21/h3-4,11-13,19,43H,1-2,5-10,14-17H2/t19-,32+,33+/m1/s1. The molecule has 1 aromatic heterocycles. The number of aromatic nitrogens is 2. The number of phenolic OH excluding ortho intramolecular Hbond substituents is 1. The molecule has 4 aliphatic heterocycles. The molecular formula is C33H31F5N4O3. The molecule has 0 aliphatic carbocycles. The van der Waals surface area contributed by atoms with Gasteiger partial charge in [0, 0.05) is 48.8 Å². The number of nitrogens with zero attached hydrogens (tertiary/aromatic N) is 4. The first-order valence-corrected chi connectivity index (χ1v) is 15.4. The zero-order valence-corrected chi connectivity index (χ0v) is 24.4. The van der Waals surface area contributed by atoms with E-state index in [0.29, 0.717) is 32.7 Å². The summed E-state index contributed by atoms with van der Waals surface area (Å²) in [7, 11) is 0. The van der Waals surface area contributed by atoms with E-state index < -0.39 is 40.5 Å². The highest BCUT2D eigenvalue weighted by molar-refractivity contribution is 6.02. The van der Waals surface area contributed by atoms with Gasteiger partial charge in [0.1, 0.15) is 35.7 Å². The number of piperidine rings is 1. The Morgan fingerprint density at radius 3 is 2.60 bits per heavy atom. The van der Waals surface area contributed by atoms with E-state index in [1.54, 1.807) is 0 Å². The molecule has 3 aromatic carbocycles. The van der Waals surface area contributed by atoms with Gasteiger partial charge in [-0.15, -0.1) is 0 Å². The van der Waals surface area contributed by atoms with Crippen LogP contribution in [0.25, 0.3) is 32.8 Å². The smallest absolute Gasteiger partial charge is 0.319 e. The maximum absolute atomic E-state index is 16.7. The van der Waals surface area contributed by atoms with Crippen molar-refractivity contribution in [2.24, 2.45) is 0 Å². The van der Waals surface area contributed by atoms with Crippen molar-refractivity contribution >= 4 is 27.5 Å². The Kier molecular flexibility index (Phi) is 6.62. The number of phenols is 1. The van der Waals surface area contributed by atoms with E-state index in [0.717, 1.165) is 56.8 Å². The fourth-order valence-electron chi connectivity index (χ4n) is 7.93. The Morgan fingerprint density at radius 2 is 1.80 bits per heavy atom. The summed E-state index contributed by atoms with van der Waals surface area (Å²) in [6.07, 6.45) is 3.49. The molecule has 0 amide bonds. The molecule has 12 heteroatoms. The van der Waals surface area contributed by atoms with Gasteiger partial charge in [-0.05, 0) is 61.9 Å². The maximum atomic E-state index is 16.7. The molecule has 1 spiro atoms. The summed E-state index contributed by atoms with van der Waals surface area (Å²) in [6, 6.07) is 5.24. The van der Waals surface area contributed by atoms with Crippen LogP contribution in [-0.2, 0) is 4.74 Å². The zero-order chi connectivity index (χ0) is 31.1. The second-order valence-electron chi connectivity index (χ2n) is 12.9. The van der Waals surface area contributed by atoms with Crippen molar-refractivity contribution in [1.29, 1.82) is 0 Å². The van der Waals surface area contributed by atoms with Gasteiger partial charge in [-0.2, -0.15) is 9.97 Å². The van der Waals surface area contributed by atoms with Gasteiger partial charge in [-0.25, -0.2) is 22.0 Å². The fraction of sp³-hybridized carbons (Fsp3) is 0.455. The van der Waals surface area contributed by atoms with Crippen LogP contribution >= 0.6 is 0 Å². The lowest BCUT2D eigenvalue weighted by Crippen LogP contribution is -2.56. The molecule has 4 saturated heterocycles. The molecule has 7 nitrogen and oxygen atoms in total. The topological polar surface area (TPSA) is 71.0 Å². The van der Waals surface area contributed by atoms with Crippen molar-refractivity contribution in [3.05, 3.63) is 53.6 Å². The number of halogens is 5. The third-order valence-electron chi connectivity index (χ3n) is 10.1. The number of hydrogen-bond acceptors (Lipinski definition) is 7. The number of alkyl halides is 1. The molecule has 4 aromatic rings. The van der Waals surface area contributed by atoms with Gasteiger partial charge in [0.2, 0.25) is 0 Å².